The number of aromatic nitrogens is 4. The second-order valence-electron chi connectivity index (χ2n) is 6.41. The number of hydrogen-bond acceptors (Lipinski definition) is 4. The Hall–Kier alpha value is -2.28. The van der Waals surface area contributed by atoms with Crippen molar-refractivity contribution in [3.63, 3.8) is 0 Å². The van der Waals surface area contributed by atoms with Crippen LogP contribution in [0.5, 0.6) is 0 Å². The summed E-state index contributed by atoms with van der Waals surface area (Å²) < 4.78 is 4.30. The number of aryl methyl sites for hydroxylation is 1. The second-order valence-corrected chi connectivity index (χ2v) is 7.35. The van der Waals surface area contributed by atoms with E-state index in [0.717, 1.165) is 29.6 Å². The maximum Gasteiger partial charge on any atom is 0.230 e. The fourth-order valence-electron chi connectivity index (χ4n) is 3.06. The average molecular weight is 372 g/mol. The molecule has 2 heterocycles. The van der Waals surface area contributed by atoms with Crippen molar-refractivity contribution in [1.29, 1.82) is 0 Å². The van der Waals surface area contributed by atoms with Crippen molar-refractivity contribution in [2.75, 3.05) is 5.75 Å². The number of hydrogen-bond donors (Lipinski definition) is 1. The second kappa shape index (κ2) is 7.95. The Labute approximate surface area is 158 Å². The maximum absolute atomic E-state index is 11.9. The number of para-hydroxylation sites is 1. The van der Waals surface area contributed by atoms with Gasteiger partial charge in [0.2, 0.25) is 5.91 Å². The van der Waals surface area contributed by atoms with Crippen molar-refractivity contribution in [3.05, 3.63) is 30.5 Å². The lowest BCUT2D eigenvalue weighted by molar-refractivity contribution is -0.119. The number of nitrogens with one attached hydrogen (secondary N) is 1. The van der Waals surface area contributed by atoms with E-state index in [4.69, 9.17) is 0 Å². The minimum atomic E-state index is 0.0137. The van der Waals surface area contributed by atoms with Gasteiger partial charge in [-0.15, -0.1) is 10.2 Å². The molecule has 0 aliphatic heterocycles. The molecule has 2 aromatic heterocycles. The van der Waals surface area contributed by atoms with Gasteiger partial charge in [-0.1, -0.05) is 30.0 Å². The molecule has 3 rings (SSSR count). The molecule has 0 saturated heterocycles. The first-order chi connectivity index (χ1) is 12.5. The summed E-state index contributed by atoms with van der Waals surface area (Å²) in [7, 11) is 0. The van der Waals surface area contributed by atoms with Gasteiger partial charge in [-0.25, -0.2) is 0 Å². The summed E-state index contributed by atoms with van der Waals surface area (Å²) in [4.78, 5) is 11.9. The predicted octanol–water partition coefficient (Wildman–Crippen LogP) is 3.56. The van der Waals surface area contributed by atoms with Gasteiger partial charge in [-0.2, -0.15) is 0 Å². The highest BCUT2D eigenvalue weighted by Crippen LogP contribution is 2.31. The Morgan fingerprint density at radius 1 is 1.19 bits per heavy atom. The number of fused-ring (bicyclic) bond motifs is 1. The minimum absolute atomic E-state index is 0.0137. The first kappa shape index (κ1) is 18.5. The predicted molar refractivity (Wildman–Crippen MR) is 106 cm³/mol. The zero-order valence-corrected chi connectivity index (χ0v) is 16.5. The van der Waals surface area contributed by atoms with Crippen molar-refractivity contribution < 1.29 is 4.79 Å². The fraction of sp³-hybridized carbons (Fsp3) is 0.421. The Morgan fingerprint density at radius 3 is 2.65 bits per heavy atom. The van der Waals surface area contributed by atoms with Crippen LogP contribution in [-0.4, -0.2) is 37.0 Å². The number of benzene rings is 1. The molecule has 6 nitrogen and oxygen atoms in total. The van der Waals surface area contributed by atoms with Crippen LogP contribution in [-0.2, 0) is 17.9 Å². The zero-order valence-electron chi connectivity index (χ0n) is 15.7. The number of nitrogens with zero attached hydrogens (tertiary/aromatic N) is 4. The molecule has 0 bridgehead atoms. The van der Waals surface area contributed by atoms with Crippen LogP contribution in [0.4, 0.5) is 0 Å². The highest BCUT2D eigenvalue weighted by molar-refractivity contribution is 7.99. The van der Waals surface area contributed by atoms with Crippen LogP contribution in [0.3, 0.4) is 0 Å². The van der Waals surface area contributed by atoms with E-state index in [1.165, 1.54) is 22.7 Å². The minimum Gasteiger partial charge on any atom is -0.353 e. The summed E-state index contributed by atoms with van der Waals surface area (Å²) in [6.07, 6.45) is 2.14. The molecular weight excluding hydrogens is 346 g/mol. The molecule has 0 spiro atoms. The van der Waals surface area contributed by atoms with Crippen LogP contribution in [0.1, 0.15) is 27.7 Å². The summed E-state index contributed by atoms with van der Waals surface area (Å²) in [5, 5.41) is 13.6. The molecule has 0 radical (unpaired) electrons. The SMILES string of the molecule is CCn1c(SCC(=O)NC(C)C)nnc1-c1cn(CC)c2ccccc12. The van der Waals surface area contributed by atoms with Gasteiger partial charge in [0.25, 0.3) is 0 Å². The number of amides is 1. The van der Waals surface area contributed by atoms with Gasteiger partial charge in [-0.05, 0) is 33.8 Å². The molecule has 3 aromatic rings. The summed E-state index contributed by atoms with van der Waals surface area (Å²) in [5.41, 5.74) is 2.27. The third kappa shape index (κ3) is 3.62. The largest absolute Gasteiger partial charge is 0.353 e. The molecule has 0 fully saturated rings. The van der Waals surface area contributed by atoms with Crippen molar-refractivity contribution in [1.82, 2.24) is 24.6 Å². The molecule has 0 unspecified atom stereocenters. The maximum atomic E-state index is 11.9. The van der Waals surface area contributed by atoms with E-state index in [1.807, 2.05) is 19.9 Å². The van der Waals surface area contributed by atoms with Crippen LogP contribution < -0.4 is 5.32 Å². The van der Waals surface area contributed by atoms with E-state index in [-0.39, 0.29) is 11.9 Å². The monoisotopic (exact) mass is 371 g/mol. The van der Waals surface area contributed by atoms with Gasteiger partial charge in [0.15, 0.2) is 11.0 Å². The molecule has 0 atom stereocenters. The van der Waals surface area contributed by atoms with Gasteiger partial charge in [0, 0.05) is 41.8 Å². The lowest BCUT2D eigenvalue weighted by atomic mass is 10.1. The van der Waals surface area contributed by atoms with Crippen molar-refractivity contribution in [2.45, 2.75) is 52.0 Å². The molecule has 138 valence electrons. The van der Waals surface area contributed by atoms with Crippen LogP contribution in [0.15, 0.2) is 35.6 Å². The number of carbonyl (C=O) groups excluding carboxylic acids is 1. The Balaban J connectivity index is 1.93. The summed E-state index contributed by atoms with van der Waals surface area (Å²) in [5.74, 6) is 1.20. The van der Waals surface area contributed by atoms with E-state index in [0.29, 0.717) is 5.75 Å². The van der Waals surface area contributed by atoms with Crippen molar-refractivity contribution >= 4 is 28.6 Å². The van der Waals surface area contributed by atoms with Gasteiger partial charge in [0.05, 0.1) is 5.75 Å². The normalized spacial score (nSPS) is 11.4. The van der Waals surface area contributed by atoms with Crippen LogP contribution in [0, 0.1) is 0 Å². The zero-order chi connectivity index (χ0) is 18.7. The third-order valence-electron chi connectivity index (χ3n) is 4.19. The molecule has 7 heteroatoms. The smallest absolute Gasteiger partial charge is 0.230 e. The third-order valence-corrected chi connectivity index (χ3v) is 5.15. The van der Waals surface area contributed by atoms with Crippen LogP contribution >= 0.6 is 11.8 Å². The van der Waals surface area contributed by atoms with Gasteiger partial charge < -0.3 is 14.5 Å². The fourth-order valence-corrected chi connectivity index (χ4v) is 3.87. The Bertz CT molecular complexity index is 912. The van der Waals surface area contributed by atoms with Gasteiger partial charge >= 0.3 is 0 Å². The van der Waals surface area contributed by atoms with Crippen molar-refractivity contribution in [3.8, 4) is 11.4 Å². The topological polar surface area (TPSA) is 64.7 Å². The Morgan fingerprint density at radius 2 is 1.96 bits per heavy atom. The molecule has 1 amide bonds. The van der Waals surface area contributed by atoms with E-state index in [1.54, 1.807) is 0 Å². The summed E-state index contributed by atoms with van der Waals surface area (Å²) in [6, 6.07) is 8.49. The molecule has 0 saturated carbocycles. The lowest BCUT2D eigenvalue weighted by Crippen LogP contribution is -2.31. The van der Waals surface area contributed by atoms with E-state index in [9.17, 15) is 4.79 Å². The molecule has 1 aromatic carbocycles. The Kier molecular flexibility index (Phi) is 5.66. The first-order valence-corrected chi connectivity index (χ1v) is 9.97. The van der Waals surface area contributed by atoms with Crippen LogP contribution in [0.2, 0.25) is 0 Å². The molecule has 26 heavy (non-hydrogen) atoms. The first-order valence-electron chi connectivity index (χ1n) is 8.98. The number of carbonyl (C=O) groups is 1. The molecule has 0 aliphatic carbocycles. The molecule has 0 aliphatic rings. The summed E-state index contributed by atoms with van der Waals surface area (Å²) in [6.45, 7) is 9.77. The highest BCUT2D eigenvalue weighted by Gasteiger charge is 2.18. The summed E-state index contributed by atoms with van der Waals surface area (Å²) >= 11 is 1.43. The van der Waals surface area contributed by atoms with Crippen molar-refractivity contribution in [2.24, 2.45) is 0 Å². The lowest BCUT2D eigenvalue weighted by Gasteiger charge is -2.09. The van der Waals surface area contributed by atoms with E-state index >= 15 is 0 Å². The number of rotatable bonds is 7. The molecular formula is C19H25N5OS. The van der Waals surface area contributed by atoms with E-state index in [2.05, 4.69) is 62.9 Å². The average Bonchev–Trinajstić information content (AvgIpc) is 3.19. The van der Waals surface area contributed by atoms with Gasteiger partial charge in [0.1, 0.15) is 0 Å². The van der Waals surface area contributed by atoms with Gasteiger partial charge in [-0.3, -0.25) is 4.79 Å². The van der Waals surface area contributed by atoms with Crippen LogP contribution in [0.25, 0.3) is 22.3 Å². The van der Waals surface area contributed by atoms with E-state index < -0.39 is 0 Å². The quantitative estimate of drug-likeness (QED) is 0.645. The highest BCUT2D eigenvalue weighted by atomic mass is 32.2. The number of thioether (sulfide) groups is 1. The molecule has 1 N–H and O–H groups in total. The standard InChI is InChI=1S/C19H25N5OS/c1-5-23-11-15(14-9-7-8-10-16(14)23)18-21-22-19(24(18)6-2)26-12-17(25)20-13(3)4/h7-11,13H,5-6,12H2,1-4H3,(H,20,25).